The number of hydrogen-bond acceptors (Lipinski definition) is 2. The Labute approximate surface area is 77.1 Å². The monoisotopic (exact) mass is 180 g/mol. The zero-order chi connectivity index (χ0) is 9.90. The summed E-state index contributed by atoms with van der Waals surface area (Å²) in [6.45, 7) is 4.34. The normalized spacial score (nSPS) is 26.8. The summed E-state index contributed by atoms with van der Waals surface area (Å²) in [5.74, 6) is 0. The largest absolute Gasteiger partial charge is 0.465 e. The lowest BCUT2D eigenvalue weighted by Crippen LogP contribution is -2.30. The van der Waals surface area contributed by atoms with Crippen LogP contribution < -0.4 is 0 Å². The fraction of sp³-hybridized carbons (Fsp3) is 0.556. The number of rotatable bonds is 2. The molecule has 0 bridgehead atoms. The fourth-order valence-electron chi connectivity index (χ4n) is 1.62. The van der Waals surface area contributed by atoms with Crippen LogP contribution in [-0.2, 0) is 0 Å². The Bertz CT molecular complexity index is 269. The van der Waals surface area contributed by atoms with Gasteiger partial charge in [-0.1, -0.05) is 6.08 Å². The van der Waals surface area contributed by atoms with Crippen molar-refractivity contribution in [2.45, 2.75) is 12.8 Å². The standard InChI is InChI=1S/C9H12N2O2/c1-2-3-9(6-10)4-5-11(7-9)8(12)13/h2H,1,3-5,7H2,(H,12,13). The summed E-state index contributed by atoms with van der Waals surface area (Å²) in [6, 6.07) is 2.19. The van der Waals surface area contributed by atoms with Gasteiger partial charge in [0, 0.05) is 13.1 Å². The summed E-state index contributed by atoms with van der Waals surface area (Å²) in [6.07, 6.45) is 1.91. The van der Waals surface area contributed by atoms with E-state index in [0.29, 0.717) is 25.9 Å². The van der Waals surface area contributed by atoms with Crippen molar-refractivity contribution < 1.29 is 9.90 Å². The molecule has 1 rings (SSSR count). The first-order valence-corrected chi connectivity index (χ1v) is 4.13. The first kappa shape index (κ1) is 9.59. The van der Waals surface area contributed by atoms with E-state index in [1.165, 1.54) is 4.90 Å². The van der Waals surface area contributed by atoms with E-state index in [9.17, 15) is 4.79 Å². The molecule has 1 atom stereocenters. The Hall–Kier alpha value is -1.50. The van der Waals surface area contributed by atoms with Gasteiger partial charge in [0.2, 0.25) is 0 Å². The van der Waals surface area contributed by atoms with Gasteiger partial charge in [0.05, 0.1) is 11.5 Å². The van der Waals surface area contributed by atoms with Gasteiger partial charge >= 0.3 is 6.09 Å². The maximum absolute atomic E-state index is 10.6. The zero-order valence-electron chi connectivity index (χ0n) is 7.36. The molecule has 1 aliphatic rings. The number of hydrogen-bond donors (Lipinski definition) is 1. The lowest BCUT2D eigenvalue weighted by atomic mass is 9.85. The molecule has 0 saturated carbocycles. The molecule has 70 valence electrons. The Morgan fingerprint density at radius 2 is 2.54 bits per heavy atom. The molecule has 0 aromatic carbocycles. The van der Waals surface area contributed by atoms with Crippen LogP contribution in [0.15, 0.2) is 12.7 Å². The Balaban J connectivity index is 2.69. The van der Waals surface area contributed by atoms with Gasteiger partial charge in [-0.05, 0) is 12.8 Å². The van der Waals surface area contributed by atoms with Crippen LogP contribution in [0.5, 0.6) is 0 Å². The van der Waals surface area contributed by atoms with Crippen LogP contribution in [0.25, 0.3) is 0 Å². The molecule has 0 radical (unpaired) electrons. The second-order valence-electron chi connectivity index (χ2n) is 3.34. The Kier molecular flexibility index (Phi) is 2.57. The number of carboxylic acid groups (broad SMARTS) is 1. The summed E-state index contributed by atoms with van der Waals surface area (Å²) in [5, 5.41) is 17.6. The molecule has 0 aliphatic carbocycles. The third kappa shape index (κ3) is 1.81. The SMILES string of the molecule is C=CCC1(C#N)CCN(C(=O)O)C1. The van der Waals surface area contributed by atoms with Crippen molar-refractivity contribution in [2.75, 3.05) is 13.1 Å². The lowest BCUT2D eigenvalue weighted by Gasteiger charge is -2.18. The van der Waals surface area contributed by atoms with Crippen LogP contribution in [0, 0.1) is 16.7 Å². The maximum Gasteiger partial charge on any atom is 0.407 e. The second kappa shape index (κ2) is 3.48. The van der Waals surface area contributed by atoms with Crippen molar-refractivity contribution in [3.05, 3.63) is 12.7 Å². The van der Waals surface area contributed by atoms with Gasteiger partial charge in [-0.15, -0.1) is 6.58 Å². The fourth-order valence-corrected chi connectivity index (χ4v) is 1.62. The predicted octanol–water partition coefficient (Wildman–Crippen LogP) is 1.46. The quantitative estimate of drug-likeness (QED) is 0.654. The highest BCUT2D eigenvalue weighted by atomic mass is 16.4. The Morgan fingerprint density at radius 1 is 1.85 bits per heavy atom. The van der Waals surface area contributed by atoms with E-state index in [0.717, 1.165) is 0 Å². The molecule has 4 heteroatoms. The van der Waals surface area contributed by atoms with Crippen molar-refractivity contribution in [1.82, 2.24) is 4.90 Å². The molecule has 1 fully saturated rings. The molecule has 1 amide bonds. The van der Waals surface area contributed by atoms with Crippen molar-refractivity contribution in [1.29, 1.82) is 5.26 Å². The molecule has 0 aromatic rings. The highest BCUT2D eigenvalue weighted by Crippen LogP contribution is 2.33. The molecule has 1 N–H and O–H groups in total. The number of allylic oxidation sites excluding steroid dienone is 1. The predicted molar refractivity (Wildman–Crippen MR) is 47.1 cm³/mol. The summed E-state index contributed by atoms with van der Waals surface area (Å²) in [7, 11) is 0. The van der Waals surface area contributed by atoms with Gasteiger partial charge in [-0.2, -0.15) is 5.26 Å². The number of carbonyl (C=O) groups is 1. The van der Waals surface area contributed by atoms with Crippen molar-refractivity contribution in [3.63, 3.8) is 0 Å². The van der Waals surface area contributed by atoms with Crippen molar-refractivity contribution in [2.24, 2.45) is 5.41 Å². The van der Waals surface area contributed by atoms with Crippen LogP contribution in [0.3, 0.4) is 0 Å². The maximum atomic E-state index is 10.6. The molecule has 4 nitrogen and oxygen atoms in total. The van der Waals surface area contributed by atoms with Gasteiger partial charge in [-0.25, -0.2) is 4.79 Å². The average Bonchev–Trinajstić information content (AvgIpc) is 2.51. The Morgan fingerprint density at radius 3 is 2.92 bits per heavy atom. The highest BCUT2D eigenvalue weighted by Gasteiger charge is 2.39. The molecule has 1 saturated heterocycles. The van der Waals surface area contributed by atoms with Crippen LogP contribution in [-0.4, -0.2) is 29.2 Å². The molecular weight excluding hydrogens is 168 g/mol. The van der Waals surface area contributed by atoms with Crippen molar-refractivity contribution >= 4 is 6.09 Å². The summed E-state index contributed by atoms with van der Waals surface area (Å²) >= 11 is 0. The van der Waals surface area contributed by atoms with Crippen LogP contribution in [0.4, 0.5) is 4.79 Å². The van der Waals surface area contributed by atoms with Gasteiger partial charge in [0.25, 0.3) is 0 Å². The minimum absolute atomic E-state index is 0.310. The first-order chi connectivity index (χ1) is 6.13. The summed E-state index contributed by atoms with van der Waals surface area (Å²) < 4.78 is 0. The summed E-state index contributed by atoms with van der Waals surface area (Å²) in [5.41, 5.74) is -0.528. The van der Waals surface area contributed by atoms with E-state index < -0.39 is 11.5 Å². The minimum Gasteiger partial charge on any atom is -0.465 e. The van der Waals surface area contributed by atoms with E-state index in [2.05, 4.69) is 12.6 Å². The topological polar surface area (TPSA) is 64.3 Å². The van der Waals surface area contributed by atoms with Crippen LogP contribution >= 0.6 is 0 Å². The van der Waals surface area contributed by atoms with Gasteiger partial charge < -0.3 is 10.0 Å². The van der Waals surface area contributed by atoms with E-state index in [4.69, 9.17) is 10.4 Å². The van der Waals surface area contributed by atoms with Gasteiger partial charge in [0.1, 0.15) is 0 Å². The number of amides is 1. The molecule has 1 unspecified atom stereocenters. The molecule has 0 spiro atoms. The third-order valence-electron chi connectivity index (χ3n) is 2.40. The molecule has 13 heavy (non-hydrogen) atoms. The average molecular weight is 180 g/mol. The molecule has 1 heterocycles. The minimum atomic E-state index is -0.943. The van der Waals surface area contributed by atoms with Crippen LogP contribution in [0.1, 0.15) is 12.8 Å². The van der Waals surface area contributed by atoms with E-state index in [-0.39, 0.29) is 0 Å². The third-order valence-corrected chi connectivity index (χ3v) is 2.40. The van der Waals surface area contributed by atoms with Crippen molar-refractivity contribution in [3.8, 4) is 6.07 Å². The second-order valence-corrected chi connectivity index (χ2v) is 3.34. The van der Waals surface area contributed by atoms with E-state index in [1.54, 1.807) is 6.08 Å². The first-order valence-electron chi connectivity index (χ1n) is 4.13. The van der Waals surface area contributed by atoms with E-state index >= 15 is 0 Å². The number of nitriles is 1. The van der Waals surface area contributed by atoms with Crippen LogP contribution in [0.2, 0.25) is 0 Å². The van der Waals surface area contributed by atoms with E-state index in [1.807, 2.05) is 0 Å². The highest BCUT2D eigenvalue weighted by molar-refractivity contribution is 5.65. The molecular formula is C9H12N2O2. The number of nitrogens with zero attached hydrogens (tertiary/aromatic N) is 2. The molecule has 0 aromatic heterocycles. The smallest absolute Gasteiger partial charge is 0.407 e. The lowest BCUT2D eigenvalue weighted by molar-refractivity contribution is 0.152. The van der Waals surface area contributed by atoms with Gasteiger partial charge in [-0.3, -0.25) is 0 Å². The zero-order valence-corrected chi connectivity index (χ0v) is 7.36. The molecule has 1 aliphatic heterocycles. The number of likely N-dealkylation sites (tertiary alicyclic amines) is 1. The summed E-state index contributed by atoms with van der Waals surface area (Å²) in [4.78, 5) is 11.9. The van der Waals surface area contributed by atoms with Gasteiger partial charge in [0.15, 0.2) is 0 Å².